The summed E-state index contributed by atoms with van der Waals surface area (Å²) >= 11 is 0. The van der Waals surface area contributed by atoms with E-state index in [9.17, 15) is 4.79 Å². The van der Waals surface area contributed by atoms with Gasteiger partial charge in [0.25, 0.3) is 0 Å². The Bertz CT molecular complexity index is 859. The summed E-state index contributed by atoms with van der Waals surface area (Å²) < 4.78 is 17.4. The maximum Gasteiger partial charge on any atom is 0.344 e. The average molecular weight is 338 g/mol. The summed E-state index contributed by atoms with van der Waals surface area (Å²) in [5.41, 5.74) is 1.85. The minimum Gasteiger partial charge on any atom is -0.497 e. The predicted molar refractivity (Wildman–Crippen MR) is 92.2 cm³/mol. The zero-order chi connectivity index (χ0) is 17.6. The zero-order valence-corrected chi connectivity index (χ0v) is 14.0. The lowest BCUT2D eigenvalue weighted by molar-refractivity contribution is 0.0722. The molecule has 3 aromatic rings. The van der Waals surface area contributed by atoms with Crippen molar-refractivity contribution in [2.45, 2.75) is 6.61 Å². The van der Waals surface area contributed by atoms with E-state index < -0.39 is 5.97 Å². The lowest BCUT2D eigenvalue weighted by atomic mass is 10.2. The number of carbonyl (C=O) groups is 1. The van der Waals surface area contributed by atoms with E-state index in [1.807, 2.05) is 30.3 Å². The molecule has 25 heavy (non-hydrogen) atoms. The summed E-state index contributed by atoms with van der Waals surface area (Å²) in [5, 5.41) is 4.44. The second-order valence-electron chi connectivity index (χ2n) is 5.28. The second-order valence-corrected chi connectivity index (χ2v) is 5.28. The number of aromatic nitrogens is 2. The molecule has 0 N–H and O–H groups in total. The van der Waals surface area contributed by atoms with Crippen LogP contribution < -0.4 is 9.47 Å². The van der Waals surface area contributed by atoms with E-state index in [1.54, 1.807) is 49.2 Å². The maximum absolute atomic E-state index is 12.5. The first-order valence-corrected chi connectivity index (χ1v) is 7.71. The fourth-order valence-electron chi connectivity index (χ4n) is 2.36. The van der Waals surface area contributed by atoms with Crippen molar-refractivity contribution in [1.29, 1.82) is 0 Å². The maximum atomic E-state index is 12.5. The van der Waals surface area contributed by atoms with Gasteiger partial charge in [0.05, 0.1) is 30.7 Å². The van der Waals surface area contributed by atoms with Gasteiger partial charge in [0.15, 0.2) is 0 Å². The minimum atomic E-state index is -0.486. The van der Waals surface area contributed by atoms with Crippen LogP contribution in [-0.4, -0.2) is 30.0 Å². The zero-order valence-electron chi connectivity index (χ0n) is 14.0. The number of methoxy groups -OCH3 is 2. The van der Waals surface area contributed by atoms with Crippen molar-refractivity contribution in [2.24, 2.45) is 0 Å². The highest BCUT2D eigenvalue weighted by molar-refractivity contribution is 5.91. The third-order valence-corrected chi connectivity index (χ3v) is 3.52. The Kier molecular flexibility index (Phi) is 5.11. The van der Waals surface area contributed by atoms with Crippen LogP contribution in [0.25, 0.3) is 5.69 Å². The molecule has 6 nitrogen and oxygen atoms in total. The number of benzene rings is 2. The Morgan fingerprint density at radius 2 is 1.84 bits per heavy atom. The average Bonchev–Trinajstić information content (AvgIpc) is 3.05. The summed E-state index contributed by atoms with van der Waals surface area (Å²) in [6.07, 6.45) is 0. The van der Waals surface area contributed by atoms with Crippen molar-refractivity contribution >= 4 is 5.97 Å². The van der Waals surface area contributed by atoms with Gasteiger partial charge in [-0.25, -0.2) is 9.48 Å². The number of ether oxygens (including phenoxy) is 3. The molecule has 128 valence electrons. The molecule has 3 rings (SSSR count). The fourth-order valence-corrected chi connectivity index (χ4v) is 2.36. The molecule has 1 aromatic heterocycles. The van der Waals surface area contributed by atoms with Gasteiger partial charge in [0, 0.05) is 13.2 Å². The first kappa shape index (κ1) is 16.7. The Balaban J connectivity index is 1.91. The SMILES string of the molecule is COCc1cc(OC(=O)c2cccc(OC)c2)n(-c2ccccc2)n1. The summed E-state index contributed by atoms with van der Waals surface area (Å²) in [6, 6.07) is 17.9. The summed E-state index contributed by atoms with van der Waals surface area (Å²) in [6.45, 7) is 0.323. The molecule has 0 radical (unpaired) electrons. The van der Waals surface area contributed by atoms with Gasteiger partial charge in [-0.15, -0.1) is 0 Å². The molecule has 0 saturated carbocycles. The van der Waals surface area contributed by atoms with E-state index in [2.05, 4.69) is 5.10 Å². The molecule has 6 heteroatoms. The topological polar surface area (TPSA) is 62.6 Å². The van der Waals surface area contributed by atoms with Gasteiger partial charge in [-0.1, -0.05) is 24.3 Å². The smallest absolute Gasteiger partial charge is 0.344 e. The predicted octanol–water partition coefficient (Wildman–Crippen LogP) is 3.25. The Labute approximate surface area is 145 Å². The van der Waals surface area contributed by atoms with Crippen LogP contribution in [-0.2, 0) is 11.3 Å². The molecule has 0 spiro atoms. The molecule has 2 aromatic carbocycles. The van der Waals surface area contributed by atoms with Gasteiger partial charge in [-0.3, -0.25) is 0 Å². The minimum absolute atomic E-state index is 0.323. The van der Waals surface area contributed by atoms with Gasteiger partial charge >= 0.3 is 5.97 Å². The van der Waals surface area contributed by atoms with E-state index in [1.165, 1.54) is 0 Å². The van der Waals surface area contributed by atoms with Crippen molar-refractivity contribution in [3.05, 3.63) is 71.9 Å². The first-order chi connectivity index (χ1) is 12.2. The van der Waals surface area contributed by atoms with Crippen LogP contribution >= 0.6 is 0 Å². The van der Waals surface area contributed by atoms with Crippen LogP contribution in [0.4, 0.5) is 0 Å². The van der Waals surface area contributed by atoms with Crippen LogP contribution in [0, 0.1) is 0 Å². The Morgan fingerprint density at radius 3 is 2.56 bits per heavy atom. The highest BCUT2D eigenvalue weighted by Crippen LogP contribution is 2.22. The van der Waals surface area contributed by atoms with E-state index in [4.69, 9.17) is 14.2 Å². The van der Waals surface area contributed by atoms with Crippen molar-refractivity contribution in [3.8, 4) is 17.3 Å². The van der Waals surface area contributed by atoms with E-state index in [-0.39, 0.29) is 0 Å². The molecule has 0 aliphatic rings. The second kappa shape index (κ2) is 7.63. The van der Waals surface area contributed by atoms with Gasteiger partial charge in [0.1, 0.15) is 5.75 Å². The highest BCUT2D eigenvalue weighted by Gasteiger charge is 2.16. The van der Waals surface area contributed by atoms with Crippen LogP contribution in [0.5, 0.6) is 11.6 Å². The Morgan fingerprint density at radius 1 is 1.04 bits per heavy atom. The molecule has 1 heterocycles. The molecule has 0 saturated heterocycles. The van der Waals surface area contributed by atoms with Gasteiger partial charge < -0.3 is 14.2 Å². The number of nitrogens with zero attached hydrogens (tertiary/aromatic N) is 2. The molecule has 0 amide bonds. The van der Waals surface area contributed by atoms with Crippen molar-refractivity contribution in [3.63, 3.8) is 0 Å². The van der Waals surface area contributed by atoms with E-state index >= 15 is 0 Å². The van der Waals surface area contributed by atoms with E-state index in [0.717, 1.165) is 5.69 Å². The number of rotatable bonds is 6. The summed E-state index contributed by atoms with van der Waals surface area (Å²) in [4.78, 5) is 12.5. The molecule has 0 aliphatic carbocycles. The third kappa shape index (κ3) is 3.87. The molecule has 0 atom stereocenters. The molecular weight excluding hydrogens is 320 g/mol. The van der Waals surface area contributed by atoms with Crippen molar-refractivity contribution < 1.29 is 19.0 Å². The Hall–Kier alpha value is -3.12. The summed E-state index contributed by atoms with van der Waals surface area (Å²) in [5.74, 6) is 0.428. The van der Waals surface area contributed by atoms with Gasteiger partial charge in [-0.05, 0) is 30.3 Å². The lowest BCUT2D eigenvalue weighted by Crippen LogP contribution is -2.11. The molecular formula is C19H18N2O4. The van der Waals surface area contributed by atoms with Crippen LogP contribution in [0.3, 0.4) is 0 Å². The number of esters is 1. The highest BCUT2D eigenvalue weighted by atomic mass is 16.5. The van der Waals surface area contributed by atoms with Crippen molar-refractivity contribution in [2.75, 3.05) is 14.2 Å². The van der Waals surface area contributed by atoms with Gasteiger partial charge in [0.2, 0.25) is 5.88 Å². The number of para-hydroxylation sites is 1. The summed E-state index contributed by atoms with van der Waals surface area (Å²) in [7, 11) is 3.13. The molecule has 0 bridgehead atoms. The van der Waals surface area contributed by atoms with E-state index in [0.29, 0.717) is 29.5 Å². The monoisotopic (exact) mass is 338 g/mol. The normalized spacial score (nSPS) is 10.5. The third-order valence-electron chi connectivity index (χ3n) is 3.52. The number of hydrogen-bond donors (Lipinski definition) is 0. The van der Waals surface area contributed by atoms with Gasteiger partial charge in [-0.2, -0.15) is 5.10 Å². The lowest BCUT2D eigenvalue weighted by Gasteiger charge is -2.08. The fraction of sp³-hybridized carbons (Fsp3) is 0.158. The molecule has 0 unspecified atom stereocenters. The van der Waals surface area contributed by atoms with Crippen molar-refractivity contribution in [1.82, 2.24) is 9.78 Å². The molecule has 0 fully saturated rings. The van der Waals surface area contributed by atoms with Crippen LogP contribution in [0.1, 0.15) is 16.1 Å². The number of hydrogen-bond acceptors (Lipinski definition) is 5. The first-order valence-electron chi connectivity index (χ1n) is 7.71. The standard InChI is InChI=1S/C19H18N2O4/c1-23-13-15-12-18(21(20-15)16-8-4-3-5-9-16)25-19(22)14-7-6-10-17(11-14)24-2/h3-12H,13H2,1-2H3. The molecule has 0 aliphatic heterocycles. The number of carbonyl (C=O) groups excluding carboxylic acids is 1. The quantitative estimate of drug-likeness (QED) is 0.646. The van der Waals surface area contributed by atoms with Crippen LogP contribution in [0.2, 0.25) is 0 Å². The van der Waals surface area contributed by atoms with Crippen LogP contribution in [0.15, 0.2) is 60.7 Å². The largest absolute Gasteiger partial charge is 0.497 e.